The van der Waals surface area contributed by atoms with Crippen molar-refractivity contribution in [1.82, 2.24) is 19.6 Å². The molecule has 0 unspecified atom stereocenters. The number of nitrogens with zero attached hydrogens (tertiary/aromatic N) is 5. The minimum Gasteiger partial charge on any atom is -0.402 e. The van der Waals surface area contributed by atoms with Crippen molar-refractivity contribution in [3.8, 4) is 16.8 Å². The second kappa shape index (κ2) is 10.4. The van der Waals surface area contributed by atoms with Gasteiger partial charge in [0, 0.05) is 29.7 Å². The minimum absolute atomic E-state index is 0.0943. The van der Waals surface area contributed by atoms with Crippen molar-refractivity contribution in [2.45, 2.75) is 19.6 Å². The van der Waals surface area contributed by atoms with Crippen LogP contribution in [0.25, 0.3) is 16.8 Å². The minimum atomic E-state index is -4.61. The molecule has 2 aromatic carbocycles. The molecule has 0 saturated carbocycles. The summed E-state index contributed by atoms with van der Waals surface area (Å²) < 4.78 is 81.5. The van der Waals surface area contributed by atoms with Crippen molar-refractivity contribution in [2.75, 3.05) is 0 Å². The van der Waals surface area contributed by atoms with Gasteiger partial charge < -0.3 is 5.73 Å². The highest BCUT2D eigenvalue weighted by molar-refractivity contribution is 6.08. The van der Waals surface area contributed by atoms with E-state index >= 15 is 4.39 Å². The van der Waals surface area contributed by atoms with E-state index in [1.54, 1.807) is 0 Å². The number of hydrogen-bond acceptors (Lipinski definition) is 5. The number of allylic oxidation sites excluding steroid dienone is 2. The number of benzene rings is 2. The quantitative estimate of drug-likeness (QED) is 0.257. The highest BCUT2D eigenvalue weighted by Crippen LogP contribution is 2.31. The van der Waals surface area contributed by atoms with E-state index in [0.717, 1.165) is 47.4 Å². The Bertz CT molecular complexity index is 1600. The Morgan fingerprint density at radius 1 is 1.11 bits per heavy atom. The molecule has 13 heteroatoms. The first kappa shape index (κ1) is 26.4. The van der Waals surface area contributed by atoms with Crippen LogP contribution < -0.4 is 11.2 Å². The Balaban J connectivity index is 1.77. The Morgan fingerprint density at radius 2 is 1.87 bits per heavy atom. The molecule has 0 saturated heterocycles. The van der Waals surface area contributed by atoms with Gasteiger partial charge in [-0.15, -0.1) is 0 Å². The van der Waals surface area contributed by atoms with Gasteiger partial charge in [-0.25, -0.2) is 18.7 Å². The normalized spacial score (nSPS) is 12.8. The topological polar surface area (TPSA) is 91.1 Å². The number of nitrogens with two attached hydrogens (primary N) is 1. The van der Waals surface area contributed by atoms with Gasteiger partial charge in [-0.3, -0.25) is 4.79 Å². The Kier molecular flexibility index (Phi) is 7.19. The van der Waals surface area contributed by atoms with E-state index in [2.05, 4.69) is 15.2 Å². The van der Waals surface area contributed by atoms with Crippen LogP contribution in [0.5, 0.6) is 0 Å². The number of aromatic nitrogens is 4. The van der Waals surface area contributed by atoms with Crippen LogP contribution in [0.2, 0.25) is 0 Å². The molecule has 0 bridgehead atoms. The molecule has 0 amide bonds. The summed E-state index contributed by atoms with van der Waals surface area (Å²) in [5.41, 5.74) is 4.25. The van der Waals surface area contributed by atoms with Crippen molar-refractivity contribution in [2.24, 2.45) is 10.7 Å². The molecule has 196 valence electrons. The van der Waals surface area contributed by atoms with E-state index in [0.29, 0.717) is 4.68 Å². The second-order valence-electron chi connectivity index (χ2n) is 8.06. The fraction of sp³-hybridized carbons (Fsp3) is 0.120. The first-order valence-electron chi connectivity index (χ1n) is 10.8. The van der Waals surface area contributed by atoms with Crippen molar-refractivity contribution < 1.29 is 26.3 Å². The fourth-order valence-electron chi connectivity index (χ4n) is 3.45. The summed E-state index contributed by atoms with van der Waals surface area (Å²) in [5.74, 6) is -0.795. The van der Waals surface area contributed by atoms with Crippen LogP contribution in [0.15, 0.2) is 88.7 Å². The molecule has 2 heterocycles. The fourth-order valence-corrected chi connectivity index (χ4v) is 3.45. The lowest BCUT2D eigenvalue weighted by atomic mass is 10.1. The van der Waals surface area contributed by atoms with Crippen molar-refractivity contribution in [1.29, 1.82) is 0 Å². The molecule has 0 aliphatic carbocycles. The van der Waals surface area contributed by atoms with Gasteiger partial charge in [-0.1, -0.05) is 12.1 Å². The van der Waals surface area contributed by atoms with Crippen molar-refractivity contribution in [3.63, 3.8) is 0 Å². The van der Waals surface area contributed by atoms with Crippen LogP contribution in [0.1, 0.15) is 24.7 Å². The van der Waals surface area contributed by atoms with Gasteiger partial charge in [0.2, 0.25) is 5.43 Å². The van der Waals surface area contributed by atoms with Crippen molar-refractivity contribution in [3.05, 3.63) is 106 Å². The summed E-state index contributed by atoms with van der Waals surface area (Å²) in [4.78, 5) is 16.8. The molecule has 7 nitrogen and oxygen atoms in total. The highest BCUT2D eigenvalue weighted by atomic mass is 19.4. The molecule has 4 aromatic rings. The van der Waals surface area contributed by atoms with Crippen LogP contribution in [0.4, 0.5) is 32.0 Å². The number of halogens is 6. The molecule has 0 atom stereocenters. The maximum Gasteiger partial charge on any atom is 0.416 e. The third kappa shape index (κ3) is 5.82. The monoisotopic (exact) mass is 532 g/mol. The Labute approximate surface area is 211 Å². The summed E-state index contributed by atoms with van der Waals surface area (Å²) in [5, 5.41) is 7.67. The third-order valence-corrected chi connectivity index (χ3v) is 5.17. The molecule has 2 N–H and O–H groups in total. The summed E-state index contributed by atoms with van der Waals surface area (Å²) in [6.07, 6.45) is 0.0696. The lowest BCUT2D eigenvalue weighted by Crippen LogP contribution is -2.21. The van der Waals surface area contributed by atoms with Gasteiger partial charge in [0.05, 0.1) is 23.2 Å². The smallest absolute Gasteiger partial charge is 0.402 e. The second-order valence-corrected chi connectivity index (χ2v) is 8.06. The molecule has 0 spiro atoms. The van der Waals surface area contributed by atoms with Crippen LogP contribution in [0.3, 0.4) is 0 Å². The summed E-state index contributed by atoms with van der Waals surface area (Å²) >= 11 is 0. The summed E-state index contributed by atoms with van der Waals surface area (Å²) in [6.45, 7) is -1.37. The van der Waals surface area contributed by atoms with E-state index in [1.807, 2.05) is 0 Å². The van der Waals surface area contributed by atoms with Crippen LogP contribution in [0, 0.1) is 5.82 Å². The summed E-state index contributed by atoms with van der Waals surface area (Å²) in [6, 6.07) is 9.09. The van der Waals surface area contributed by atoms with Gasteiger partial charge in [0.1, 0.15) is 11.5 Å². The average Bonchev–Trinajstić information content (AvgIpc) is 3.34. The lowest BCUT2D eigenvalue weighted by Gasteiger charge is -2.11. The molecule has 0 aliphatic rings. The van der Waals surface area contributed by atoms with Gasteiger partial charge in [0.15, 0.2) is 5.69 Å². The molecule has 0 aliphatic heterocycles. The van der Waals surface area contributed by atoms with E-state index in [1.165, 1.54) is 37.4 Å². The molecular weight excluding hydrogens is 514 g/mol. The SMILES string of the molecule is CC(N)=CC(=Nc1cccc(C(F)(F)F)c1)c1nn(-c2ccc(-c3cnn(C(F)F)c3)cc2F)ccc1=O. The number of alkyl halides is 5. The zero-order chi connectivity index (χ0) is 27.6. The predicted octanol–water partition coefficient (Wildman–Crippen LogP) is 5.63. The maximum absolute atomic E-state index is 15.1. The van der Waals surface area contributed by atoms with E-state index < -0.39 is 29.5 Å². The molecule has 4 rings (SSSR count). The lowest BCUT2D eigenvalue weighted by molar-refractivity contribution is -0.137. The zero-order valence-electron chi connectivity index (χ0n) is 19.5. The Morgan fingerprint density at radius 3 is 2.50 bits per heavy atom. The van der Waals surface area contributed by atoms with E-state index in [4.69, 9.17) is 5.73 Å². The number of hydrogen-bond donors (Lipinski definition) is 1. The standard InChI is InChI=1S/C25H18F6N6O/c1-14(32)9-20(34-18-4-2-3-17(11-18)25(29,30)31)23-22(38)7-8-36(35-23)21-6-5-15(10-19(21)26)16-12-33-37(13-16)24(27)28/h2-13,24H,32H2,1H3. The molecule has 0 fully saturated rings. The molecule has 2 aromatic heterocycles. The van der Waals surface area contributed by atoms with Crippen LogP contribution in [-0.2, 0) is 6.18 Å². The first-order chi connectivity index (χ1) is 17.9. The van der Waals surface area contributed by atoms with Gasteiger partial charge in [0.25, 0.3) is 0 Å². The van der Waals surface area contributed by atoms with E-state index in [-0.39, 0.29) is 39.6 Å². The van der Waals surface area contributed by atoms with E-state index in [9.17, 15) is 26.7 Å². The average molecular weight is 532 g/mol. The predicted molar refractivity (Wildman–Crippen MR) is 128 cm³/mol. The number of aliphatic imine (C=N–C) groups is 1. The maximum atomic E-state index is 15.1. The highest BCUT2D eigenvalue weighted by Gasteiger charge is 2.30. The van der Waals surface area contributed by atoms with Gasteiger partial charge >= 0.3 is 12.7 Å². The van der Waals surface area contributed by atoms with Crippen molar-refractivity contribution >= 4 is 11.4 Å². The third-order valence-electron chi connectivity index (χ3n) is 5.17. The molecule has 38 heavy (non-hydrogen) atoms. The van der Waals surface area contributed by atoms with Gasteiger partial charge in [-0.05, 0) is 48.9 Å². The summed E-state index contributed by atoms with van der Waals surface area (Å²) in [7, 11) is 0. The van der Waals surface area contributed by atoms with Crippen LogP contribution in [-0.4, -0.2) is 25.3 Å². The largest absolute Gasteiger partial charge is 0.416 e. The first-order valence-corrected chi connectivity index (χ1v) is 10.8. The number of rotatable bonds is 6. The van der Waals surface area contributed by atoms with Gasteiger partial charge in [-0.2, -0.15) is 32.1 Å². The molecular formula is C25H18F6N6O. The zero-order valence-corrected chi connectivity index (χ0v) is 19.5. The Hall–Kier alpha value is -4.68. The van der Waals surface area contributed by atoms with Crippen LogP contribution >= 0.6 is 0 Å². The molecule has 0 radical (unpaired) electrons.